The van der Waals surface area contributed by atoms with Crippen molar-refractivity contribution in [2.45, 2.75) is 45.6 Å². The summed E-state index contributed by atoms with van der Waals surface area (Å²) in [5, 5.41) is 0. The molecule has 0 heterocycles. The van der Waals surface area contributed by atoms with Gasteiger partial charge in [0, 0.05) is 30.8 Å². The zero-order valence-corrected chi connectivity index (χ0v) is 13.4. The van der Waals surface area contributed by atoms with Gasteiger partial charge in [-0.05, 0) is 20.3 Å². The summed E-state index contributed by atoms with van der Waals surface area (Å²) in [5.41, 5.74) is -2.36. The molecule has 2 aliphatic carbocycles. The Balaban J connectivity index is 2.43. The fourth-order valence-electron chi connectivity index (χ4n) is 3.45. The third-order valence-corrected chi connectivity index (χ3v) is 4.73. The van der Waals surface area contributed by atoms with E-state index in [0.717, 1.165) is 0 Å². The summed E-state index contributed by atoms with van der Waals surface area (Å²) in [6.45, 7) is 7.27. The molecule has 0 aromatic rings. The first-order chi connectivity index (χ1) is 10.2. The fraction of sp³-hybridized carbons (Fsp3) is 0.750. The number of fused-ring (bicyclic) bond motifs is 2. The van der Waals surface area contributed by atoms with Crippen molar-refractivity contribution in [3.8, 4) is 0 Å². The van der Waals surface area contributed by atoms with Gasteiger partial charge >= 0.3 is 12.0 Å². The number of alkyl halides is 2. The molecule has 2 bridgehead atoms. The topological polar surface area (TPSA) is 46.6 Å². The van der Waals surface area contributed by atoms with Gasteiger partial charge in [0.1, 0.15) is 0 Å². The van der Waals surface area contributed by atoms with Crippen LogP contribution in [0, 0.1) is 17.8 Å². The number of carbonyl (C=O) groups is 2. The zero-order chi connectivity index (χ0) is 16.7. The van der Waals surface area contributed by atoms with Gasteiger partial charge in [0.25, 0.3) is 0 Å². The van der Waals surface area contributed by atoms with E-state index < -0.39 is 41.2 Å². The second-order valence-electron chi connectivity index (χ2n) is 6.25. The summed E-state index contributed by atoms with van der Waals surface area (Å²) in [6.07, 6.45) is 2.33. The predicted molar refractivity (Wildman–Crippen MR) is 77.7 cm³/mol. The molecular weight excluding hydrogens is 292 g/mol. The molecule has 124 valence electrons. The van der Waals surface area contributed by atoms with Crippen LogP contribution >= 0.6 is 0 Å². The molecule has 1 amide bonds. The quantitative estimate of drug-likeness (QED) is 0.732. The van der Waals surface area contributed by atoms with Crippen LogP contribution in [0.4, 0.5) is 13.6 Å². The van der Waals surface area contributed by atoms with E-state index in [1.165, 1.54) is 11.0 Å². The van der Waals surface area contributed by atoms with Crippen LogP contribution in [-0.2, 0) is 9.53 Å². The SMILES string of the molecule is CCN(CC)C(=O)O[C@]1(C(=O)C(C)C)[C@@H]2C=C[C@@H](C2)C1(F)F. The number of Topliss-reactive ketones (excluding diaryl/α,β-unsaturated/α-hetero) is 1. The number of amides is 1. The second kappa shape index (κ2) is 5.63. The first kappa shape index (κ1) is 16.9. The Kier molecular flexibility index (Phi) is 4.33. The van der Waals surface area contributed by atoms with Crippen LogP contribution < -0.4 is 0 Å². The number of hydrogen-bond donors (Lipinski definition) is 0. The van der Waals surface area contributed by atoms with Gasteiger partial charge in [-0.15, -0.1) is 0 Å². The van der Waals surface area contributed by atoms with Crippen LogP contribution in [0.15, 0.2) is 12.2 Å². The van der Waals surface area contributed by atoms with Crippen molar-refractivity contribution in [2.75, 3.05) is 13.1 Å². The van der Waals surface area contributed by atoms with Crippen molar-refractivity contribution in [1.82, 2.24) is 4.90 Å². The molecule has 0 radical (unpaired) electrons. The average Bonchev–Trinajstić information content (AvgIpc) is 3.01. The maximum atomic E-state index is 14.8. The van der Waals surface area contributed by atoms with Gasteiger partial charge in [-0.3, -0.25) is 4.79 Å². The number of rotatable bonds is 5. The largest absolute Gasteiger partial charge is 0.428 e. The van der Waals surface area contributed by atoms with E-state index in [1.807, 2.05) is 0 Å². The minimum absolute atomic E-state index is 0.150. The molecule has 0 saturated heterocycles. The molecule has 1 fully saturated rings. The number of halogens is 2. The van der Waals surface area contributed by atoms with E-state index in [9.17, 15) is 18.4 Å². The highest BCUT2D eigenvalue weighted by atomic mass is 19.3. The van der Waals surface area contributed by atoms with E-state index in [1.54, 1.807) is 33.8 Å². The molecule has 4 nitrogen and oxygen atoms in total. The van der Waals surface area contributed by atoms with Crippen LogP contribution in [0.1, 0.15) is 34.1 Å². The van der Waals surface area contributed by atoms with E-state index in [-0.39, 0.29) is 6.42 Å². The molecular formula is C16H23F2NO3. The third kappa shape index (κ3) is 2.15. The van der Waals surface area contributed by atoms with Crippen LogP contribution in [0.25, 0.3) is 0 Å². The lowest BCUT2D eigenvalue weighted by atomic mass is 9.77. The maximum Gasteiger partial charge on any atom is 0.410 e. The minimum Gasteiger partial charge on any atom is -0.428 e. The molecule has 6 heteroatoms. The number of ether oxygens (including phenoxy) is 1. The van der Waals surface area contributed by atoms with Crippen molar-refractivity contribution in [2.24, 2.45) is 17.8 Å². The molecule has 1 saturated carbocycles. The molecule has 0 aromatic carbocycles. The standard InChI is InChI=1S/C16H23F2NO3/c1-5-19(6-2)14(21)22-15(13(20)10(3)4)11-7-8-12(9-11)16(15,17)18/h7-8,10-12H,5-6,9H2,1-4H3/t11-,12+,15+/m1/s1. The first-order valence-corrected chi connectivity index (χ1v) is 7.80. The Bertz CT molecular complexity index is 500. The molecule has 0 aromatic heterocycles. The predicted octanol–water partition coefficient (Wildman–Crippen LogP) is 3.27. The molecule has 0 aliphatic heterocycles. The van der Waals surface area contributed by atoms with Gasteiger partial charge < -0.3 is 9.64 Å². The zero-order valence-electron chi connectivity index (χ0n) is 13.4. The van der Waals surface area contributed by atoms with Crippen LogP contribution in [0.5, 0.6) is 0 Å². The summed E-state index contributed by atoms with van der Waals surface area (Å²) in [6, 6.07) is 0. The smallest absolute Gasteiger partial charge is 0.410 e. The van der Waals surface area contributed by atoms with Gasteiger partial charge in [-0.2, -0.15) is 0 Å². The van der Waals surface area contributed by atoms with Gasteiger partial charge in [0.15, 0.2) is 5.78 Å². The minimum atomic E-state index is -3.36. The number of hydrogen-bond acceptors (Lipinski definition) is 3. The summed E-state index contributed by atoms with van der Waals surface area (Å²) >= 11 is 0. The lowest BCUT2D eigenvalue weighted by Gasteiger charge is -2.41. The highest BCUT2D eigenvalue weighted by Gasteiger charge is 2.75. The number of ketones is 1. The van der Waals surface area contributed by atoms with Crippen LogP contribution in [-0.4, -0.2) is 41.4 Å². The molecule has 22 heavy (non-hydrogen) atoms. The molecule has 0 N–H and O–H groups in total. The van der Waals surface area contributed by atoms with Crippen LogP contribution in [0.3, 0.4) is 0 Å². The van der Waals surface area contributed by atoms with Gasteiger partial charge in [0.2, 0.25) is 5.60 Å². The highest BCUT2D eigenvalue weighted by molar-refractivity contribution is 5.93. The summed E-state index contributed by atoms with van der Waals surface area (Å²) < 4.78 is 34.9. The van der Waals surface area contributed by atoms with Crippen LogP contribution in [0.2, 0.25) is 0 Å². The lowest BCUT2D eigenvalue weighted by molar-refractivity contribution is -0.198. The van der Waals surface area contributed by atoms with Crippen molar-refractivity contribution < 1.29 is 23.1 Å². The van der Waals surface area contributed by atoms with E-state index in [2.05, 4.69) is 0 Å². The lowest BCUT2D eigenvalue weighted by Crippen LogP contribution is -2.62. The monoisotopic (exact) mass is 315 g/mol. The van der Waals surface area contributed by atoms with Gasteiger partial charge in [0.05, 0.1) is 0 Å². The van der Waals surface area contributed by atoms with Crippen molar-refractivity contribution in [1.29, 1.82) is 0 Å². The van der Waals surface area contributed by atoms with E-state index in [0.29, 0.717) is 13.1 Å². The Morgan fingerprint density at radius 1 is 1.23 bits per heavy atom. The normalized spacial score (nSPS) is 31.6. The van der Waals surface area contributed by atoms with Crippen molar-refractivity contribution in [3.05, 3.63) is 12.2 Å². The highest BCUT2D eigenvalue weighted by Crippen LogP contribution is 2.59. The third-order valence-electron chi connectivity index (χ3n) is 4.73. The summed E-state index contributed by atoms with van der Waals surface area (Å²) in [5.74, 6) is -6.49. The van der Waals surface area contributed by atoms with Gasteiger partial charge in [-0.1, -0.05) is 26.0 Å². The Hall–Kier alpha value is -1.46. The van der Waals surface area contributed by atoms with Crippen molar-refractivity contribution >= 4 is 11.9 Å². The molecule has 0 unspecified atom stereocenters. The Morgan fingerprint density at radius 2 is 1.77 bits per heavy atom. The van der Waals surface area contributed by atoms with E-state index >= 15 is 0 Å². The molecule has 2 aliphatic rings. The average molecular weight is 315 g/mol. The van der Waals surface area contributed by atoms with Gasteiger partial charge in [-0.25, -0.2) is 13.6 Å². The van der Waals surface area contributed by atoms with E-state index in [4.69, 9.17) is 4.74 Å². The molecule has 3 atom stereocenters. The second-order valence-corrected chi connectivity index (χ2v) is 6.25. The molecule has 0 spiro atoms. The Morgan fingerprint density at radius 3 is 2.18 bits per heavy atom. The van der Waals surface area contributed by atoms with Crippen molar-refractivity contribution in [3.63, 3.8) is 0 Å². The number of nitrogens with zero attached hydrogens (tertiary/aromatic N) is 1. The fourth-order valence-corrected chi connectivity index (χ4v) is 3.45. The number of allylic oxidation sites excluding steroid dienone is 1. The maximum absolute atomic E-state index is 14.8. The molecule has 2 rings (SSSR count). The summed E-state index contributed by atoms with van der Waals surface area (Å²) in [4.78, 5) is 26.2. The first-order valence-electron chi connectivity index (χ1n) is 7.80. The summed E-state index contributed by atoms with van der Waals surface area (Å²) in [7, 11) is 0. The Labute approximate surface area is 129 Å². The number of carbonyl (C=O) groups excluding carboxylic acids is 2.